The summed E-state index contributed by atoms with van der Waals surface area (Å²) in [4.78, 5) is 19.1. The van der Waals surface area contributed by atoms with E-state index in [4.69, 9.17) is 9.26 Å². The summed E-state index contributed by atoms with van der Waals surface area (Å²) in [7, 11) is 0. The van der Waals surface area contributed by atoms with Crippen LogP contribution in [0.2, 0.25) is 0 Å². The molecule has 2 aromatic rings. The smallest absolute Gasteiger partial charge is 0.264 e. The molecule has 24 heavy (non-hydrogen) atoms. The minimum atomic E-state index is -0.449. The van der Waals surface area contributed by atoms with E-state index in [0.717, 1.165) is 24.2 Å². The Labute approximate surface area is 140 Å². The summed E-state index contributed by atoms with van der Waals surface area (Å²) in [6, 6.07) is 4.05. The number of rotatable bonds is 2. The Balaban J connectivity index is 1.54. The number of hydrogen-bond acceptors (Lipinski definition) is 5. The monoisotopic (exact) mass is 327 g/mol. The van der Waals surface area contributed by atoms with E-state index in [-0.39, 0.29) is 11.9 Å². The maximum Gasteiger partial charge on any atom is 0.264 e. The lowest BCUT2D eigenvalue weighted by Gasteiger charge is -2.25. The molecule has 2 atom stereocenters. The Hall–Kier alpha value is -2.37. The van der Waals surface area contributed by atoms with Gasteiger partial charge in [-0.3, -0.25) is 4.79 Å². The van der Waals surface area contributed by atoms with E-state index in [2.05, 4.69) is 30.1 Å². The van der Waals surface area contributed by atoms with Gasteiger partial charge in [0.1, 0.15) is 5.75 Å². The average Bonchev–Trinajstić information content (AvgIpc) is 3.25. The molecule has 1 amide bonds. The second-order valence-electron chi connectivity index (χ2n) is 6.72. The molecule has 4 rings (SSSR count). The quantitative estimate of drug-likeness (QED) is 0.848. The molecule has 0 aliphatic carbocycles. The van der Waals surface area contributed by atoms with Crippen molar-refractivity contribution in [3.63, 3.8) is 0 Å². The van der Waals surface area contributed by atoms with Crippen molar-refractivity contribution in [3.8, 4) is 5.75 Å². The van der Waals surface area contributed by atoms with Crippen LogP contribution >= 0.6 is 0 Å². The third-order valence-corrected chi connectivity index (χ3v) is 5.00. The SMILES string of the molecule is Cc1nc(C2CCCN2C(=O)C2Cc3cc(C)c(C)cc3O2)no1. The first kappa shape index (κ1) is 15.2. The van der Waals surface area contributed by atoms with Gasteiger partial charge in [-0.05, 0) is 49.4 Å². The number of fused-ring (bicyclic) bond motifs is 1. The Bertz CT molecular complexity index is 768. The number of nitrogens with zero attached hydrogens (tertiary/aromatic N) is 3. The Morgan fingerprint density at radius 2 is 2.04 bits per heavy atom. The zero-order valence-corrected chi connectivity index (χ0v) is 14.2. The maximum atomic E-state index is 13.0. The minimum Gasteiger partial charge on any atom is -0.480 e. The molecular formula is C18H21N3O3. The summed E-state index contributed by atoms with van der Waals surface area (Å²) in [5.41, 5.74) is 3.53. The number of likely N-dealkylation sites (tertiary alicyclic amines) is 1. The molecule has 3 heterocycles. The van der Waals surface area contributed by atoms with Crippen molar-refractivity contribution in [2.75, 3.05) is 6.54 Å². The van der Waals surface area contributed by atoms with Crippen LogP contribution in [-0.4, -0.2) is 33.6 Å². The van der Waals surface area contributed by atoms with Gasteiger partial charge in [0.05, 0.1) is 6.04 Å². The first-order valence-electron chi connectivity index (χ1n) is 8.40. The fourth-order valence-electron chi connectivity index (χ4n) is 3.59. The molecule has 0 radical (unpaired) electrons. The highest BCUT2D eigenvalue weighted by molar-refractivity contribution is 5.83. The molecule has 0 spiro atoms. The van der Waals surface area contributed by atoms with Gasteiger partial charge in [-0.25, -0.2) is 0 Å². The van der Waals surface area contributed by atoms with E-state index >= 15 is 0 Å². The van der Waals surface area contributed by atoms with Crippen molar-refractivity contribution in [2.24, 2.45) is 0 Å². The average molecular weight is 327 g/mol. The zero-order valence-electron chi connectivity index (χ0n) is 14.2. The molecule has 2 aliphatic rings. The number of hydrogen-bond donors (Lipinski definition) is 0. The van der Waals surface area contributed by atoms with E-state index in [9.17, 15) is 4.79 Å². The van der Waals surface area contributed by atoms with Gasteiger partial charge in [0.25, 0.3) is 5.91 Å². The van der Waals surface area contributed by atoms with Crippen molar-refractivity contribution >= 4 is 5.91 Å². The Morgan fingerprint density at radius 1 is 1.25 bits per heavy atom. The molecule has 126 valence electrons. The summed E-state index contributed by atoms with van der Waals surface area (Å²) >= 11 is 0. The lowest BCUT2D eigenvalue weighted by Crippen LogP contribution is -2.41. The number of benzene rings is 1. The van der Waals surface area contributed by atoms with E-state index in [1.165, 1.54) is 11.1 Å². The molecule has 1 aromatic carbocycles. The van der Waals surface area contributed by atoms with Crippen molar-refractivity contribution in [3.05, 3.63) is 40.5 Å². The fraction of sp³-hybridized carbons (Fsp3) is 0.500. The highest BCUT2D eigenvalue weighted by Crippen LogP contribution is 2.35. The fourth-order valence-corrected chi connectivity index (χ4v) is 3.59. The first-order chi connectivity index (χ1) is 11.5. The van der Waals surface area contributed by atoms with Crippen molar-refractivity contribution in [1.29, 1.82) is 0 Å². The molecule has 1 saturated heterocycles. The van der Waals surface area contributed by atoms with Crippen LogP contribution in [0.5, 0.6) is 5.75 Å². The Morgan fingerprint density at radius 3 is 2.79 bits per heavy atom. The van der Waals surface area contributed by atoms with Gasteiger partial charge in [-0.2, -0.15) is 4.98 Å². The molecule has 2 aliphatic heterocycles. The van der Waals surface area contributed by atoms with Gasteiger partial charge in [-0.1, -0.05) is 11.2 Å². The Kier molecular flexibility index (Phi) is 3.55. The molecule has 2 unspecified atom stereocenters. The summed E-state index contributed by atoms with van der Waals surface area (Å²) in [6.07, 6.45) is 1.99. The van der Waals surface area contributed by atoms with Gasteiger partial charge in [0, 0.05) is 19.9 Å². The third-order valence-electron chi connectivity index (χ3n) is 5.00. The van der Waals surface area contributed by atoms with Crippen LogP contribution in [0.25, 0.3) is 0 Å². The largest absolute Gasteiger partial charge is 0.480 e. The van der Waals surface area contributed by atoms with Gasteiger partial charge in [0.2, 0.25) is 5.89 Å². The molecule has 0 saturated carbocycles. The van der Waals surface area contributed by atoms with E-state index < -0.39 is 6.10 Å². The standard InChI is InChI=1S/C18H21N3O3/c1-10-7-13-9-16(23-15(13)8-11(10)2)18(22)21-6-4-5-14(21)17-19-12(3)24-20-17/h7-8,14,16H,4-6,9H2,1-3H3. The maximum absolute atomic E-state index is 13.0. The van der Waals surface area contributed by atoms with E-state index in [1.54, 1.807) is 6.92 Å². The van der Waals surface area contributed by atoms with Gasteiger partial charge in [0.15, 0.2) is 11.9 Å². The molecule has 0 N–H and O–H groups in total. The summed E-state index contributed by atoms with van der Waals surface area (Å²) < 4.78 is 11.0. The van der Waals surface area contributed by atoms with E-state index in [1.807, 2.05) is 11.0 Å². The lowest BCUT2D eigenvalue weighted by molar-refractivity contribution is -0.139. The first-order valence-corrected chi connectivity index (χ1v) is 8.40. The molecule has 6 nitrogen and oxygen atoms in total. The van der Waals surface area contributed by atoms with Crippen LogP contribution in [0.15, 0.2) is 16.7 Å². The van der Waals surface area contributed by atoms with Crippen molar-refractivity contribution < 1.29 is 14.1 Å². The molecule has 6 heteroatoms. The highest BCUT2D eigenvalue weighted by Gasteiger charge is 2.39. The van der Waals surface area contributed by atoms with Gasteiger partial charge < -0.3 is 14.2 Å². The van der Waals surface area contributed by atoms with Crippen LogP contribution < -0.4 is 4.74 Å². The zero-order chi connectivity index (χ0) is 16.8. The van der Waals surface area contributed by atoms with Crippen LogP contribution in [0, 0.1) is 20.8 Å². The number of carbonyl (C=O) groups is 1. The van der Waals surface area contributed by atoms with Crippen LogP contribution in [0.4, 0.5) is 0 Å². The van der Waals surface area contributed by atoms with Crippen LogP contribution in [0.3, 0.4) is 0 Å². The highest BCUT2D eigenvalue weighted by atomic mass is 16.5. The normalized spacial score (nSPS) is 22.5. The van der Waals surface area contributed by atoms with Gasteiger partial charge in [-0.15, -0.1) is 0 Å². The third kappa shape index (κ3) is 2.46. The van der Waals surface area contributed by atoms with Crippen molar-refractivity contribution in [2.45, 2.75) is 52.2 Å². The van der Waals surface area contributed by atoms with Crippen molar-refractivity contribution in [1.82, 2.24) is 15.0 Å². The van der Waals surface area contributed by atoms with Gasteiger partial charge >= 0.3 is 0 Å². The minimum absolute atomic E-state index is 0.0199. The summed E-state index contributed by atoms with van der Waals surface area (Å²) in [5.74, 6) is 1.98. The number of ether oxygens (including phenoxy) is 1. The van der Waals surface area contributed by atoms with Crippen LogP contribution in [0.1, 0.15) is 47.3 Å². The predicted molar refractivity (Wildman–Crippen MR) is 86.8 cm³/mol. The molecule has 0 bridgehead atoms. The predicted octanol–water partition coefficient (Wildman–Crippen LogP) is 2.66. The number of aryl methyl sites for hydroxylation is 3. The number of carbonyl (C=O) groups excluding carboxylic acids is 1. The lowest BCUT2D eigenvalue weighted by atomic mass is 10.0. The van der Waals surface area contributed by atoms with E-state index in [0.29, 0.717) is 24.7 Å². The molecular weight excluding hydrogens is 306 g/mol. The second kappa shape index (κ2) is 5.61. The van der Waals surface area contributed by atoms with Crippen LogP contribution in [-0.2, 0) is 11.2 Å². The number of amides is 1. The summed E-state index contributed by atoms with van der Waals surface area (Å²) in [6.45, 7) is 6.62. The second-order valence-corrected chi connectivity index (χ2v) is 6.72. The summed E-state index contributed by atoms with van der Waals surface area (Å²) in [5, 5.41) is 4.00. The number of aromatic nitrogens is 2. The molecule has 1 aromatic heterocycles. The topological polar surface area (TPSA) is 68.5 Å². The molecule has 1 fully saturated rings.